The van der Waals surface area contributed by atoms with Gasteiger partial charge >= 0.3 is 0 Å². The second kappa shape index (κ2) is 9.24. The summed E-state index contributed by atoms with van der Waals surface area (Å²) in [6.07, 6.45) is 2.43. The van der Waals surface area contributed by atoms with Gasteiger partial charge in [-0.05, 0) is 50.5 Å². The van der Waals surface area contributed by atoms with Crippen LogP contribution in [0.1, 0.15) is 40.2 Å². The molecule has 1 aliphatic heterocycles. The van der Waals surface area contributed by atoms with Crippen LogP contribution in [-0.2, 0) is 24.4 Å². The predicted octanol–water partition coefficient (Wildman–Crippen LogP) is 5.13. The maximum Gasteiger partial charge on any atom is 0.204 e. The van der Waals surface area contributed by atoms with Crippen molar-refractivity contribution in [1.29, 1.82) is 0 Å². The smallest absolute Gasteiger partial charge is 0.204 e. The Morgan fingerprint density at radius 3 is 2.67 bits per heavy atom. The number of nitrogens with one attached hydrogen (secondary N) is 1. The van der Waals surface area contributed by atoms with E-state index in [1.54, 1.807) is 0 Å². The number of ketones is 1. The van der Waals surface area contributed by atoms with Crippen molar-refractivity contribution in [2.45, 2.75) is 52.4 Å². The molecule has 170 valence electrons. The first-order valence-corrected chi connectivity index (χ1v) is 11.6. The number of aromatic nitrogens is 3. The number of nitrogens with zero attached hydrogens (tertiary/aromatic N) is 3. The number of anilines is 1. The van der Waals surface area contributed by atoms with E-state index in [0.717, 1.165) is 54.0 Å². The van der Waals surface area contributed by atoms with Gasteiger partial charge in [-0.1, -0.05) is 42.5 Å². The zero-order valence-corrected chi connectivity index (χ0v) is 19.3. The number of benzene rings is 2. The van der Waals surface area contributed by atoms with Crippen molar-refractivity contribution in [1.82, 2.24) is 14.1 Å². The van der Waals surface area contributed by atoms with Crippen molar-refractivity contribution in [3.05, 3.63) is 83.2 Å². The average Bonchev–Trinajstić information content (AvgIpc) is 3.54. The molecule has 1 aliphatic rings. The molecule has 1 saturated heterocycles. The molecule has 2 aromatic carbocycles. The van der Waals surface area contributed by atoms with Crippen molar-refractivity contribution in [2.75, 3.05) is 11.9 Å². The number of rotatable bonds is 8. The first kappa shape index (κ1) is 21.5. The third-order valence-corrected chi connectivity index (χ3v) is 6.53. The number of fused-ring (bicyclic) bond motifs is 1. The molecule has 1 atom stereocenters. The minimum absolute atomic E-state index is 0.0904. The molecule has 0 spiro atoms. The first-order valence-electron chi connectivity index (χ1n) is 11.6. The highest BCUT2D eigenvalue weighted by atomic mass is 16.5. The Bertz CT molecular complexity index is 1270. The van der Waals surface area contributed by atoms with E-state index in [-0.39, 0.29) is 18.4 Å². The van der Waals surface area contributed by atoms with Crippen molar-refractivity contribution in [3.63, 3.8) is 0 Å². The predicted molar refractivity (Wildman–Crippen MR) is 131 cm³/mol. The van der Waals surface area contributed by atoms with Crippen LogP contribution < -0.4 is 5.32 Å². The van der Waals surface area contributed by atoms with Gasteiger partial charge in [0.2, 0.25) is 5.95 Å². The lowest BCUT2D eigenvalue weighted by Gasteiger charge is -2.15. The van der Waals surface area contributed by atoms with Gasteiger partial charge in [0, 0.05) is 36.6 Å². The van der Waals surface area contributed by atoms with Crippen LogP contribution in [0.3, 0.4) is 0 Å². The SMILES string of the molecule is Cc1cc(C(=O)Cn2c(NCc3ccccc3)nc3ccccc32)c(C)n1CC1CCCO1. The van der Waals surface area contributed by atoms with Crippen LogP contribution in [0.4, 0.5) is 5.95 Å². The summed E-state index contributed by atoms with van der Waals surface area (Å²) < 4.78 is 10.0. The van der Waals surface area contributed by atoms with Crippen LogP contribution in [0.15, 0.2) is 60.7 Å². The largest absolute Gasteiger partial charge is 0.376 e. The van der Waals surface area contributed by atoms with Crippen LogP contribution in [0, 0.1) is 13.8 Å². The molecular formula is C27H30N4O2. The second-order valence-corrected chi connectivity index (χ2v) is 8.80. The van der Waals surface area contributed by atoms with E-state index < -0.39 is 0 Å². The van der Waals surface area contributed by atoms with Crippen LogP contribution in [0.25, 0.3) is 11.0 Å². The molecule has 1 fully saturated rings. The lowest BCUT2D eigenvalue weighted by Crippen LogP contribution is -2.18. The van der Waals surface area contributed by atoms with Crippen molar-refractivity contribution < 1.29 is 9.53 Å². The number of aryl methyl sites for hydroxylation is 1. The number of para-hydroxylation sites is 2. The molecule has 3 heterocycles. The van der Waals surface area contributed by atoms with Gasteiger partial charge in [-0.2, -0.15) is 0 Å². The lowest BCUT2D eigenvalue weighted by atomic mass is 10.1. The van der Waals surface area contributed by atoms with Gasteiger partial charge in [0.25, 0.3) is 0 Å². The molecule has 0 aliphatic carbocycles. The van der Waals surface area contributed by atoms with E-state index in [4.69, 9.17) is 9.72 Å². The first-order chi connectivity index (χ1) is 16.1. The third kappa shape index (κ3) is 4.44. The fourth-order valence-corrected chi connectivity index (χ4v) is 4.73. The molecule has 6 heteroatoms. The molecule has 0 amide bonds. The summed E-state index contributed by atoms with van der Waals surface area (Å²) in [6, 6.07) is 20.2. The van der Waals surface area contributed by atoms with Gasteiger partial charge in [0.1, 0.15) is 0 Å². The maximum absolute atomic E-state index is 13.5. The number of carbonyl (C=O) groups is 1. The summed E-state index contributed by atoms with van der Waals surface area (Å²) in [4.78, 5) is 18.3. The van der Waals surface area contributed by atoms with Crippen LogP contribution in [0.2, 0.25) is 0 Å². The summed E-state index contributed by atoms with van der Waals surface area (Å²) in [5.74, 6) is 0.800. The number of carbonyl (C=O) groups excluding carboxylic acids is 1. The monoisotopic (exact) mass is 442 g/mol. The van der Waals surface area contributed by atoms with Gasteiger partial charge in [-0.3, -0.25) is 4.79 Å². The van der Waals surface area contributed by atoms with Crippen molar-refractivity contribution >= 4 is 22.8 Å². The second-order valence-electron chi connectivity index (χ2n) is 8.80. The minimum atomic E-state index is 0.0904. The minimum Gasteiger partial charge on any atom is -0.376 e. The normalized spacial score (nSPS) is 15.9. The topological polar surface area (TPSA) is 61.1 Å². The zero-order chi connectivity index (χ0) is 22.8. The van der Waals surface area contributed by atoms with E-state index in [9.17, 15) is 4.79 Å². The van der Waals surface area contributed by atoms with E-state index in [0.29, 0.717) is 12.5 Å². The highest BCUT2D eigenvalue weighted by molar-refractivity contribution is 5.98. The van der Waals surface area contributed by atoms with E-state index in [1.807, 2.05) is 60.0 Å². The Kier molecular flexibility index (Phi) is 6.01. The van der Waals surface area contributed by atoms with Crippen LogP contribution >= 0.6 is 0 Å². The Morgan fingerprint density at radius 2 is 1.88 bits per heavy atom. The standard InChI is InChI=1S/C27H30N4O2/c1-19-15-23(20(2)30(19)17-22-11-8-14-33-22)26(32)18-31-25-13-7-6-12-24(25)29-27(31)28-16-21-9-4-3-5-10-21/h3-7,9-10,12-13,15,22H,8,11,14,16-18H2,1-2H3,(H,28,29). The highest BCUT2D eigenvalue weighted by Crippen LogP contribution is 2.24. The van der Waals surface area contributed by atoms with E-state index >= 15 is 0 Å². The molecule has 2 aromatic heterocycles. The highest BCUT2D eigenvalue weighted by Gasteiger charge is 2.22. The zero-order valence-electron chi connectivity index (χ0n) is 19.3. The number of imidazole rings is 1. The molecule has 0 bridgehead atoms. The molecule has 33 heavy (non-hydrogen) atoms. The Hall–Kier alpha value is -3.38. The fraction of sp³-hybridized carbons (Fsp3) is 0.333. The van der Waals surface area contributed by atoms with Crippen molar-refractivity contribution in [3.8, 4) is 0 Å². The van der Waals surface area contributed by atoms with Crippen molar-refractivity contribution in [2.24, 2.45) is 0 Å². The molecule has 1 unspecified atom stereocenters. The molecule has 5 rings (SSSR count). The third-order valence-electron chi connectivity index (χ3n) is 6.53. The van der Waals surface area contributed by atoms with Crippen LogP contribution in [-0.4, -0.2) is 32.6 Å². The molecule has 1 N–H and O–H groups in total. The van der Waals surface area contributed by atoms with Crippen LogP contribution in [0.5, 0.6) is 0 Å². The molecule has 6 nitrogen and oxygen atoms in total. The Labute approximate surface area is 194 Å². The summed E-state index contributed by atoms with van der Waals surface area (Å²) in [5.41, 5.74) is 5.89. The van der Waals surface area contributed by atoms with Gasteiger partial charge in [0.05, 0.1) is 23.7 Å². The quantitative estimate of drug-likeness (QED) is 0.384. The molecular weight excluding hydrogens is 412 g/mol. The molecule has 4 aromatic rings. The number of ether oxygens (including phenoxy) is 1. The van der Waals surface area contributed by atoms with Gasteiger partial charge in [-0.25, -0.2) is 4.98 Å². The molecule has 0 radical (unpaired) electrons. The van der Waals surface area contributed by atoms with Gasteiger partial charge in [0.15, 0.2) is 5.78 Å². The summed E-state index contributed by atoms with van der Waals surface area (Å²) >= 11 is 0. The average molecular weight is 443 g/mol. The summed E-state index contributed by atoms with van der Waals surface area (Å²) in [7, 11) is 0. The summed E-state index contributed by atoms with van der Waals surface area (Å²) in [5, 5.41) is 3.43. The van der Waals surface area contributed by atoms with Gasteiger partial charge in [-0.15, -0.1) is 0 Å². The number of hydrogen-bond acceptors (Lipinski definition) is 4. The number of hydrogen-bond donors (Lipinski definition) is 1. The lowest BCUT2D eigenvalue weighted by molar-refractivity contribution is 0.0949. The fourth-order valence-electron chi connectivity index (χ4n) is 4.73. The van der Waals surface area contributed by atoms with E-state index in [1.165, 1.54) is 5.56 Å². The Morgan fingerprint density at radius 1 is 1.09 bits per heavy atom. The number of Topliss-reactive ketones (excluding diaryl/α,β-unsaturated/α-hetero) is 1. The Balaban J connectivity index is 1.41. The molecule has 0 saturated carbocycles. The maximum atomic E-state index is 13.5. The van der Waals surface area contributed by atoms with Gasteiger partial charge < -0.3 is 19.2 Å². The van der Waals surface area contributed by atoms with E-state index in [2.05, 4.69) is 28.9 Å². The summed E-state index contributed by atoms with van der Waals surface area (Å²) in [6.45, 7) is 6.63.